The molecule has 1 aromatic carbocycles. The summed E-state index contributed by atoms with van der Waals surface area (Å²) >= 11 is 0. The minimum atomic E-state index is -1.54. The second kappa shape index (κ2) is 4.72. The van der Waals surface area contributed by atoms with E-state index in [0.717, 1.165) is 5.69 Å². The molecule has 0 saturated carbocycles. The highest BCUT2D eigenvalue weighted by atomic mass is 28.3. The summed E-state index contributed by atoms with van der Waals surface area (Å²) in [5.41, 5.74) is 2.27. The maximum atomic E-state index is 4.86. The van der Waals surface area contributed by atoms with E-state index in [-0.39, 0.29) is 0 Å². The fraction of sp³-hybridized carbons (Fsp3) is 0.429. The van der Waals surface area contributed by atoms with Gasteiger partial charge in [-0.25, -0.2) is 4.46 Å². The van der Waals surface area contributed by atoms with Gasteiger partial charge in [0.1, 0.15) is 13.8 Å². The summed E-state index contributed by atoms with van der Waals surface area (Å²) in [6, 6.07) is 10.4. The molecule has 3 nitrogen and oxygen atoms in total. The molecule has 19 heavy (non-hydrogen) atoms. The molecule has 0 atom stereocenters. The van der Waals surface area contributed by atoms with Gasteiger partial charge in [0.2, 0.25) is 8.24 Å². The van der Waals surface area contributed by atoms with Gasteiger partial charge in [0.15, 0.2) is 0 Å². The quantitative estimate of drug-likeness (QED) is 0.813. The van der Waals surface area contributed by atoms with Gasteiger partial charge in [-0.15, -0.1) is 0 Å². The van der Waals surface area contributed by atoms with Crippen molar-refractivity contribution in [1.29, 1.82) is 0 Å². The molecule has 0 aliphatic rings. The molecule has 102 valence electrons. The molecular formula is C14H23N3Si2. The molecule has 1 aromatic heterocycles. The summed E-state index contributed by atoms with van der Waals surface area (Å²) < 4.78 is 2.00. The van der Waals surface area contributed by atoms with Gasteiger partial charge >= 0.3 is 0 Å². The van der Waals surface area contributed by atoms with Gasteiger partial charge in [-0.3, -0.25) is 0 Å². The zero-order valence-electron chi connectivity index (χ0n) is 12.7. The molecule has 0 saturated heterocycles. The largest absolute Gasteiger partial charge is 0.221 e. The van der Waals surface area contributed by atoms with Gasteiger partial charge in [0.05, 0.1) is 5.32 Å². The number of hydrogen-bond donors (Lipinski definition) is 0. The Morgan fingerprint density at radius 3 is 1.89 bits per heavy atom. The summed E-state index contributed by atoms with van der Waals surface area (Å²) in [6.45, 7) is 13.8. The van der Waals surface area contributed by atoms with Crippen molar-refractivity contribution < 1.29 is 0 Å². The van der Waals surface area contributed by atoms with E-state index in [9.17, 15) is 0 Å². The summed E-state index contributed by atoms with van der Waals surface area (Å²) in [6.07, 6.45) is 0. The molecule has 0 fully saturated rings. The second-order valence-electron chi connectivity index (χ2n) is 6.97. The zero-order valence-corrected chi connectivity index (χ0v) is 14.7. The van der Waals surface area contributed by atoms with E-state index in [2.05, 4.69) is 63.5 Å². The first-order valence-electron chi connectivity index (χ1n) is 6.73. The van der Waals surface area contributed by atoms with Crippen molar-refractivity contribution >= 4 is 21.6 Å². The lowest BCUT2D eigenvalue weighted by molar-refractivity contribution is 0.806. The van der Waals surface area contributed by atoms with Crippen LogP contribution >= 0.6 is 0 Å². The monoisotopic (exact) mass is 289 g/mol. The normalized spacial score (nSPS) is 12.7. The molecule has 0 unspecified atom stereocenters. The second-order valence-corrected chi connectivity index (χ2v) is 16.7. The highest BCUT2D eigenvalue weighted by Crippen LogP contribution is 2.18. The maximum Gasteiger partial charge on any atom is 0.202 e. The van der Waals surface area contributed by atoms with E-state index in [0.29, 0.717) is 0 Å². The van der Waals surface area contributed by atoms with Gasteiger partial charge in [0, 0.05) is 5.56 Å². The Morgan fingerprint density at radius 1 is 0.842 bits per heavy atom. The standard InChI is InChI=1S/C14H23N3Si2/c1-18(2,3)14-13(12-10-8-7-9-11-12)15-17(16-14)19(4,5)6/h7-11H,1-6H3. The molecule has 0 aliphatic heterocycles. The molecule has 5 heteroatoms. The third-order valence-corrected chi connectivity index (χ3v) is 6.13. The molecule has 0 amide bonds. The molecule has 2 aromatic rings. The molecule has 0 spiro atoms. The molecule has 0 bridgehead atoms. The van der Waals surface area contributed by atoms with E-state index in [1.165, 1.54) is 10.9 Å². The van der Waals surface area contributed by atoms with Crippen molar-refractivity contribution in [3.63, 3.8) is 0 Å². The predicted octanol–water partition coefficient (Wildman–Crippen LogP) is 3.17. The Hall–Kier alpha value is -1.21. The Balaban J connectivity index is 2.63. The SMILES string of the molecule is C[Si](C)(C)c1nn([Si](C)(C)C)nc1-c1ccccc1. The number of rotatable bonds is 3. The van der Waals surface area contributed by atoms with Crippen LogP contribution in [0.5, 0.6) is 0 Å². The molecule has 0 radical (unpaired) electrons. The first kappa shape index (κ1) is 14.2. The molecule has 1 heterocycles. The van der Waals surface area contributed by atoms with Gasteiger partial charge in [0.25, 0.3) is 0 Å². The lowest BCUT2D eigenvalue weighted by atomic mass is 10.2. The lowest BCUT2D eigenvalue weighted by Gasteiger charge is -2.15. The average molecular weight is 290 g/mol. The summed E-state index contributed by atoms with van der Waals surface area (Å²) in [5.74, 6) is 0. The number of benzene rings is 1. The van der Waals surface area contributed by atoms with Crippen LogP contribution in [0.15, 0.2) is 30.3 Å². The third-order valence-electron chi connectivity index (χ3n) is 2.97. The average Bonchev–Trinajstić information content (AvgIpc) is 2.74. The third kappa shape index (κ3) is 3.04. The first-order chi connectivity index (χ1) is 8.69. The Morgan fingerprint density at radius 2 is 1.42 bits per heavy atom. The van der Waals surface area contributed by atoms with E-state index in [4.69, 9.17) is 10.2 Å². The van der Waals surface area contributed by atoms with Crippen LogP contribution in [-0.2, 0) is 0 Å². The van der Waals surface area contributed by atoms with Crippen LogP contribution in [0.4, 0.5) is 0 Å². The highest BCUT2D eigenvalue weighted by Gasteiger charge is 2.29. The van der Waals surface area contributed by atoms with E-state index >= 15 is 0 Å². The summed E-state index contributed by atoms with van der Waals surface area (Å²) in [5, 5.41) is 10.9. The van der Waals surface area contributed by atoms with Crippen LogP contribution < -0.4 is 5.32 Å². The van der Waals surface area contributed by atoms with Crippen molar-refractivity contribution in [3.05, 3.63) is 30.3 Å². The Bertz CT molecular complexity index is 563. The molecule has 0 N–H and O–H groups in total. The lowest BCUT2D eigenvalue weighted by Crippen LogP contribution is -2.42. The number of nitrogens with zero attached hydrogens (tertiary/aromatic N) is 3. The molecule has 0 aliphatic carbocycles. The Kier molecular flexibility index (Phi) is 3.53. The van der Waals surface area contributed by atoms with Crippen LogP contribution in [0, 0.1) is 0 Å². The topological polar surface area (TPSA) is 30.7 Å². The van der Waals surface area contributed by atoms with E-state index in [1.807, 2.05) is 10.5 Å². The van der Waals surface area contributed by atoms with Crippen molar-refractivity contribution in [2.45, 2.75) is 39.3 Å². The minimum Gasteiger partial charge on any atom is -0.221 e. The molecular weight excluding hydrogens is 266 g/mol. The van der Waals surface area contributed by atoms with Crippen LogP contribution in [0.3, 0.4) is 0 Å². The van der Waals surface area contributed by atoms with E-state index in [1.54, 1.807) is 0 Å². The predicted molar refractivity (Wildman–Crippen MR) is 87.2 cm³/mol. The van der Waals surface area contributed by atoms with Gasteiger partial charge in [-0.1, -0.05) is 50.0 Å². The van der Waals surface area contributed by atoms with Crippen molar-refractivity contribution in [2.24, 2.45) is 0 Å². The van der Waals surface area contributed by atoms with Gasteiger partial charge in [-0.2, -0.15) is 10.2 Å². The zero-order chi connectivity index (χ0) is 14.3. The summed E-state index contributed by atoms with van der Waals surface area (Å²) in [4.78, 5) is 0. The van der Waals surface area contributed by atoms with Gasteiger partial charge in [-0.05, 0) is 19.6 Å². The van der Waals surface area contributed by atoms with Crippen LogP contribution in [0.25, 0.3) is 11.3 Å². The Labute approximate surface area is 117 Å². The van der Waals surface area contributed by atoms with Crippen molar-refractivity contribution in [1.82, 2.24) is 14.7 Å². The van der Waals surface area contributed by atoms with Crippen LogP contribution in [0.2, 0.25) is 39.3 Å². The van der Waals surface area contributed by atoms with Crippen molar-refractivity contribution in [3.8, 4) is 11.3 Å². The highest BCUT2D eigenvalue weighted by molar-refractivity contribution is 6.89. The smallest absolute Gasteiger partial charge is 0.202 e. The number of aromatic nitrogens is 3. The number of hydrogen-bond acceptors (Lipinski definition) is 2. The minimum absolute atomic E-state index is 1.09. The molecule has 2 rings (SSSR count). The van der Waals surface area contributed by atoms with E-state index < -0.39 is 16.3 Å². The fourth-order valence-corrected chi connectivity index (χ4v) is 4.10. The van der Waals surface area contributed by atoms with Crippen molar-refractivity contribution in [2.75, 3.05) is 0 Å². The van der Waals surface area contributed by atoms with Gasteiger partial charge < -0.3 is 0 Å². The van der Waals surface area contributed by atoms with Crippen LogP contribution in [-0.4, -0.2) is 31.0 Å². The first-order valence-corrected chi connectivity index (χ1v) is 13.7. The maximum absolute atomic E-state index is 4.86. The fourth-order valence-electron chi connectivity index (χ4n) is 1.90. The summed E-state index contributed by atoms with van der Waals surface area (Å²) in [7, 11) is -3.03. The van der Waals surface area contributed by atoms with Crippen LogP contribution in [0.1, 0.15) is 0 Å².